The van der Waals surface area contributed by atoms with Crippen molar-refractivity contribution in [3.8, 4) is 0 Å². The Balaban J connectivity index is 2.20. The molecule has 7 heteroatoms. The van der Waals surface area contributed by atoms with E-state index in [1.807, 2.05) is 18.2 Å². The van der Waals surface area contributed by atoms with Crippen molar-refractivity contribution in [2.45, 2.75) is 18.4 Å². The Hall–Kier alpha value is -2.15. The molecule has 1 N–H and O–H groups in total. The maximum Gasteiger partial charge on any atom is 0.338 e. The number of carbonyl (C=O) groups is 1. The molecule has 0 amide bonds. The van der Waals surface area contributed by atoms with Gasteiger partial charge < -0.3 is 4.74 Å². The van der Waals surface area contributed by atoms with Gasteiger partial charge in [-0.3, -0.25) is 0 Å². The van der Waals surface area contributed by atoms with Gasteiger partial charge in [0.25, 0.3) is 0 Å². The minimum atomic E-state index is -3.88. The maximum absolute atomic E-state index is 12.5. The largest absolute Gasteiger partial charge is 0.458 e. The molecule has 0 aliphatic carbocycles. The van der Waals surface area contributed by atoms with Gasteiger partial charge in [-0.05, 0) is 36.3 Å². The van der Waals surface area contributed by atoms with Crippen molar-refractivity contribution >= 4 is 27.6 Å². The van der Waals surface area contributed by atoms with Gasteiger partial charge in [-0.25, -0.2) is 17.9 Å². The summed E-state index contributed by atoms with van der Waals surface area (Å²) in [4.78, 5) is 11.8. The van der Waals surface area contributed by atoms with Crippen LogP contribution in [0.2, 0.25) is 5.02 Å². The number of rotatable bonds is 7. The quantitative estimate of drug-likeness (QED) is 0.589. The molecule has 2 aromatic carbocycles. The Morgan fingerprint density at radius 2 is 1.88 bits per heavy atom. The summed E-state index contributed by atoms with van der Waals surface area (Å²) in [5.74, 6) is -0.640. The monoisotopic (exact) mass is 379 g/mol. The summed E-state index contributed by atoms with van der Waals surface area (Å²) >= 11 is 6.01. The lowest BCUT2D eigenvalue weighted by atomic mass is 10.2. The third kappa shape index (κ3) is 5.42. The zero-order chi connectivity index (χ0) is 18.4. The third-order valence-electron chi connectivity index (χ3n) is 3.22. The summed E-state index contributed by atoms with van der Waals surface area (Å²) in [5, 5.41) is 0.0250. The van der Waals surface area contributed by atoms with Gasteiger partial charge in [-0.2, -0.15) is 0 Å². The molecule has 0 heterocycles. The van der Waals surface area contributed by atoms with E-state index in [9.17, 15) is 13.2 Å². The van der Waals surface area contributed by atoms with E-state index in [1.165, 1.54) is 18.2 Å². The van der Waals surface area contributed by atoms with Gasteiger partial charge in [0.2, 0.25) is 10.0 Å². The van der Waals surface area contributed by atoms with Gasteiger partial charge in [0.15, 0.2) is 0 Å². The van der Waals surface area contributed by atoms with Crippen molar-refractivity contribution < 1.29 is 17.9 Å². The maximum atomic E-state index is 12.5. The first-order valence-electron chi connectivity index (χ1n) is 7.44. The molecule has 0 aromatic heterocycles. The number of esters is 1. The molecule has 5 nitrogen and oxygen atoms in total. The van der Waals surface area contributed by atoms with E-state index >= 15 is 0 Å². The second kappa shape index (κ2) is 8.29. The van der Waals surface area contributed by atoms with E-state index in [2.05, 4.69) is 11.3 Å². The van der Waals surface area contributed by atoms with Crippen molar-refractivity contribution in [2.75, 3.05) is 6.61 Å². The van der Waals surface area contributed by atoms with Crippen molar-refractivity contribution in [2.24, 2.45) is 0 Å². The van der Waals surface area contributed by atoms with Crippen LogP contribution in [0, 0.1) is 0 Å². The van der Waals surface area contributed by atoms with Crippen molar-refractivity contribution in [1.82, 2.24) is 4.72 Å². The average molecular weight is 380 g/mol. The molecule has 2 rings (SSSR count). The SMILES string of the molecule is C=C(C)COC(=O)c1ccc(Cl)c(S(=O)(=O)NCc2ccccc2)c1. The molecular weight excluding hydrogens is 362 g/mol. The van der Waals surface area contributed by atoms with E-state index in [0.29, 0.717) is 5.57 Å². The molecule has 0 aliphatic heterocycles. The Morgan fingerprint density at radius 1 is 1.20 bits per heavy atom. The molecule has 0 saturated carbocycles. The standard InChI is InChI=1S/C18H18ClNO4S/c1-13(2)12-24-18(21)15-8-9-16(19)17(10-15)25(22,23)20-11-14-6-4-3-5-7-14/h3-10,20H,1,11-12H2,2H3. The number of hydrogen-bond donors (Lipinski definition) is 1. The Kier molecular flexibility index (Phi) is 6.36. The molecule has 0 atom stereocenters. The molecule has 0 bridgehead atoms. The molecule has 2 aromatic rings. The van der Waals surface area contributed by atoms with Crippen LogP contribution in [0.25, 0.3) is 0 Å². The number of ether oxygens (including phenoxy) is 1. The zero-order valence-corrected chi connectivity index (χ0v) is 15.2. The molecule has 132 valence electrons. The van der Waals surface area contributed by atoms with E-state index < -0.39 is 16.0 Å². The first kappa shape index (κ1) is 19.2. The number of halogens is 1. The number of benzene rings is 2. The molecule has 0 saturated heterocycles. The molecule has 0 fully saturated rings. The highest BCUT2D eigenvalue weighted by molar-refractivity contribution is 7.89. The van der Waals surface area contributed by atoms with Crippen LogP contribution in [0.4, 0.5) is 0 Å². The van der Waals surface area contributed by atoms with Gasteiger partial charge in [-0.15, -0.1) is 0 Å². The number of sulfonamides is 1. The molecule has 0 spiro atoms. The lowest BCUT2D eigenvalue weighted by molar-refractivity contribution is 0.0540. The summed E-state index contributed by atoms with van der Waals surface area (Å²) in [7, 11) is -3.88. The van der Waals surface area contributed by atoms with Gasteiger partial charge in [0.05, 0.1) is 10.6 Å². The van der Waals surface area contributed by atoms with Crippen LogP contribution in [0.1, 0.15) is 22.8 Å². The van der Waals surface area contributed by atoms with Crippen LogP contribution in [-0.2, 0) is 21.3 Å². The highest BCUT2D eigenvalue weighted by atomic mass is 35.5. The highest BCUT2D eigenvalue weighted by Crippen LogP contribution is 2.23. The summed E-state index contributed by atoms with van der Waals surface area (Å²) in [5.41, 5.74) is 1.59. The zero-order valence-electron chi connectivity index (χ0n) is 13.7. The normalized spacial score (nSPS) is 11.1. The van der Waals surface area contributed by atoms with Crippen LogP contribution >= 0.6 is 11.6 Å². The van der Waals surface area contributed by atoms with Gasteiger partial charge in [0, 0.05) is 6.54 Å². The average Bonchev–Trinajstić information content (AvgIpc) is 2.59. The van der Waals surface area contributed by atoms with Crippen molar-refractivity contribution in [3.05, 3.63) is 76.8 Å². The van der Waals surface area contributed by atoms with Crippen LogP contribution in [-0.4, -0.2) is 21.0 Å². The Bertz CT molecular complexity index is 879. The fourth-order valence-corrected chi connectivity index (χ4v) is 3.50. The topological polar surface area (TPSA) is 72.5 Å². The summed E-state index contributed by atoms with van der Waals surface area (Å²) in [6.45, 7) is 5.54. The molecule has 0 radical (unpaired) electrons. The second-order valence-electron chi connectivity index (χ2n) is 5.49. The minimum absolute atomic E-state index is 0.0250. The summed E-state index contributed by atoms with van der Waals surface area (Å²) in [6, 6.07) is 13.1. The first-order valence-corrected chi connectivity index (χ1v) is 9.30. The van der Waals surface area contributed by atoms with Crippen molar-refractivity contribution in [3.63, 3.8) is 0 Å². The van der Waals surface area contributed by atoms with Crippen molar-refractivity contribution in [1.29, 1.82) is 0 Å². The Labute approximate surface area is 152 Å². The van der Waals surface area contributed by atoms with E-state index in [1.54, 1.807) is 19.1 Å². The lowest BCUT2D eigenvalue weighted by Crippen LogP contribution is -2.24. The number of nitrogens with one attached hydrogen (secondary N) is 1. The van der Waals surface area contributed by atoms with Gasteiger partial charge in [0.1, 0.15) is 11.5 Å². The number of carbonyl (C=O) groups excluding carboxylic acids is 1. The van der Waals surface area contributed by atoms with Crippen LogP contribution < -0.4 is 4.72 Å². The van der Waals surface area contributed by atoms with E-state index in [4.69, 9.17) is 16.3 Å². The Morgan fingerprint density at radius 3 is 2.52 bits per heavy atom. The van der Waals surface area contributed by atoms with Gasteiger partial charge >= 0.3 is 5.97 Å². The number of hydrogen-bond acceptors (Lipinski definition) is 4. The van der Waals surface area contributed by atoms with Gasteiger partial charge in [-0.1, -0.05) is 48.5 Å². The predicted molar refractivity (Wildman–Crippen MR) is 97.0 cm³/mol. The van der Waals surface area contributed by atoms with E-state index in [0.717, 1.165) is 5.56 Å². The minimum Gasteiger partial charge on any atom is -0.458 e. The molecular formula is C18H18ClNO4S. The fourth-order valence-electron chi connectivity index (χ4n) is 1.96. The van der Waals surface area contributed by atoms with Crippen LogP contribution in [0.5, 0.6) is 0 Å². The second-order valence-corrected chi connectivity index (χ2v) is 7.63. The van der Waals surface area contributed by atoms with E-state index in [-0.39, 0.29) is 28.6 Å². The lowest BCUT2D eigenvalue weighted by Gasteiger charge is -2.10. The molecule has 0 aliphatic rings. The third-order valence-corrected chi connectivity index (χ3v) is 5.10. The van der Waals surface area contributed by atoms with Crippen LogP contribution in [0.3, 0.4) is 0 Å². The highest BCUT2D eigenvalue weighted by Gasteiger charge is 2.20. The summed E-state index contributed by atoms with van der Waals surface area (Å²) in [6.07, 6.45) is 0. The summed E-state index contributed by atoms with van der Waals surface area (Å²) < 4.78 is 32.5. The smallest absolute Gasteiger partial charge is 0.338 e. The fraction of sp³-hybridized carbons (Fsp3) is 0.167. The molecule has 0 unspecified atom stereocenters. The molecule has 25 heavy (non-hydrogen) atoms. The predicted octanol–water partition coefficient (Wildman–Crippen LogP) is 3.55. The first-order chi connectivity index (χ1) is 11.8. The van der Waals surface area contributed by atoms with Crippen LogP contribution in [0.15, 0.2) is 65.6 Å².